The number of nitrogens with zero attached hydrogens (tertiary/aromatic N) is 3. The van der Waals surface area contributed by atoms with E-state index in [2.05, 4.69) is 22.3 Å². The minimum atomic E-state index is -0.242. The van der Waals surface area contributed by atoms with Crippen molar-refractivity contribution in [1.29, 1.82) is 0 Å². The number of ether oxygens (including phenoxy) is 1. The summed E-state index contributed by atoms with van der Waals surface area (Å²) in [5.41, 5.74) is 4.08. The first-order valence-corrected chi connectivity index (χ1v) is 8.59. The molecule has 0 saturated heterocycles. The number of pyridine rings is 1. The number of benzene rings is 1. The number of rotatable bonds is 5. The maximum Gasteiger partial charge on any atom is 0.280 e. The molecule has 0 amide bonds. The largest absolute Gasteiger partial charge is 0.481 e. The van der Waals surface area contributed by atoms with Crippen LogP contribution in [0.5, 0.6) is 5.88 Å². The third kappa shape index (κ3) is 3.32. The van der Waals surface area contributed by atoms with Gasteiger partial charge in [-0.1, -0.05) is 18.5 Å². The molecular formula is C16H15ClN4O2S. The Morgan fingerprint density at radius 2 is 2.17 bits per heavy atom. The summed E-state index contributed by atoms with van der Waals surface area (Å²) in [6.07, 6.45) is 2.94. The Morgan fingerprint density at radius 1 is 1.33 bits per heavy atom. The van der Waals surface area contributed by atoms with E-state index in [1.165, 1.54) is 24.3 Å². The van der Waals surface area contributed by atoms with Crippen molar-refractivity contribution in [2.75, 3.05) is 18.3 Å². The first-order valence-electron chi connectivity index (χ1n) is 7.23. The van der Waals surface area contributed by atoms with Crippen molar-refractivity contribution in [3.05, 3.63) is 52.2 Å². The lowest BCUT2D eigenvalue weighted by molar-refractivity contribution is 0.398. The topological polar surface area (TPSA) is 69.0 Å². The van der Waals surface area contributed by atoms with Crippen LogP contribution in [0.15, 0.2) is 46.5 Å². The van der Waals surface area contributed by atoms with E-state index in [9.17, 15) is 4.79 Å². The number of nitrogens with one attached hydrogen (secondary N) is 1. The third-order valence-corrected chi connectivity index (χ3v) is 4.50. The van der Waals surface area contributed by atoms with Crippen LogP contribution in [0.3, 0.4) is 0 Å². The zero-order valence-corrected chi connectivity index (χ0v) is 14.7. The van der Waals surface area contributed by atoms with Gasteiger partial charge in [-0.15, -0.1) is 11.8 Å². The Bertz CT molecular complexity index is 945. The molecule has 0 atom stereocenters. The van der Waals surface area contributed by atoms with Gasteiger partial charge in [0.1, 0.15) is 6.33 Å². The fraction of sp³-hybridized carbons (Fsp3) is 0.188. The number of thioether (sulfide) groups is 1. The second-order valence-electron chi connectivity index (χ2n) is 4.85. The van der Waals surface area contributed by atoms with Gasteiger partial charge >= 0.3 is 0 Å². The molecule has 1 aromatic carbocycles. The Labute approximate surface area is 147 Å². The average molecular weight is 363 g/mol. The number of halogens is 1. The second kappa shape index (κ2) is 7.11. The molecule has 0 unspecified atom stereocenters. The van der Waals surface area contributed by atoms with Crippen LogP contribution in [0, 0.1) is 0 Å². The molecule has 3 rings (SSSR count). The molecule has 8 heteroatoms. The Hall–Kier alpha value is -2.25. The Balaban J connectivity index is 2.06. The summed E-state index contributed by atoms with van der Waals surface area (Å²) in [6.45, 7) is 2.06. The van der Waals surface area contributed by atoms with E-state index in [0.29, 0.717) is 21.8 Å². The summed E-state index contributed by atoms with van der Waals surface area (Å²) in [7, 11) is 1.50. The van der Waals surface area contributed by atoms with Gasteiger partial charge in [0.15, 0.2) is 0 Å². The molecule has 0 aliphatic rings. The predicted molar refractivity (Wildman–Crippen MR) is 97.2 cm³/mol. The van der Waals surface area contributed by atoms with Crippen LogP contribution in [0.2, 0.25) is 5.02 Å². The van der Waals surface area contributed by atoms with Crippen molar-refractivity contribution < 1.29 is 4.74 Å². The lowest BCUT2D eigenvalue weighted by Gasteiger charge is -2.13. The summed E-state index contributed by atoms with van der Waals surface area (Å²) in [6, 6.07) is 7.10. The van der Waals surface area contributed by atoms with E-state index >= 15 is 0 Å². The molecule has 1 N–H and O–H groups in total. The minimum absolute atomic E-state index is 0.242. The number of hydrogen-bond acceptors (Lipinski definition) is 6. The number of aromatic nitrogens is 3. The highest BCUT2D eigenvalue weighted by molar-refractivity contribution is 7.99. The van der Waals surface area contributed by atoms with Crippen molar-refractivity contribution >= 4 is 40.0 Å². The summed E-state index contributed by atoms with van der Waals surface area (Å²) in [4.78, 5) is 22.0. The zero-order chi connectivity index (χ0) is 17.1. The average Bonchev–Trinajstić information content (AvgIpc) is 2.59. The first-order chi connectivity index (χ1) is 11.6. The van der Waals surface area contributed by atoms with Crippen LogP contribution in [-0.4, -0.2) is 27.5 Å². The van der Waals surface area contributed by atoms with E-state index in [1.807, 2.05) is 12.1 Å². The summed E-state index contributed by atoms with van der Waals surface area (Å²) in [5, 5.41) is 1.01. The van der Waals surface area contributed by atoms with E-state index in [4.69, 9.17) is 16.3 Å². The predicted octanol–water partition coefficient (Wildman–Crippen LogP) is 3.44. The van der Waals surface area contributed by atoms with Crippen LogP contribution in [0.4, 0.5) is 5.69 Å². The standard InChI is InChI=1S/C16H15ClN4O2S/c1-3-24-14-5-4-10(17)6-12(14)20-21-9-19-13-8-18-15(23-2)7-11(13)16(21)22/h4-9,20H,3H2,1-2H3. The molecular weight excluding hydrogens is 348 g/mol. The van der Waals surface area contributed by atoms with Gasteiger partial charge in [0, 0.05) is 16.0 Å². The smallest absolute Gasteiger partial charge is 0.280 e. The molecule has 0 fully saturated rings. The lowest BCUT2D eigenvalue weighted by Crippen LogP contribution is -2.26. The molecule has 0 bridgehead atoms. The molecule has 2 aromatic heterocycles. The fourth-order valence-electron chi connectivity index (χ4n) is 2.20. The molecule has 2 heterocycles. The van der Waals surface area contributed by atoms with E-state index < -0.39 is 0 Å². The lowest BCUT2D eigenvalue weighted by atomic mass is 10.3. The van der Waals surface area contributed by atoms with Crippen LogP contribution in [-0.2, 0) is 0 Å². The van der Waals surface area contributed by atoms with Gasteiger partial charge in [-0.3, -0.25) is 10.2 Å². The molecule has 0 radical (unpaired) electrons. The van der Waals surface area contributed by atoms with Gasteiger partial charge < -0.3 is 4.74 Å². The SMILES string of the molecule is CCSc1ccc(Cl)cc1Nn1cnc2cnc(OC)cc2c1=O. The molecule has 0 saturated carbocycles. The number of hydrogen-bond donors (Lipinski definition) is 1. The van der Waals surface area contributed by atoms with Gasteiger partial charge in [0.2, 0.25) is 5.88 Å². The Kier molecular flexibility index (Phi) is 4.92. The monoisotopic (exact) mass is 362 g/mol. The van der Waals surface area contributed by atoms with Crippen molar-refractivity contribution in [3.63, 3.8) is 0 Å². The molecule has 124 valence electrons. The third-order valence-electron chi connectivity index (χ3n) is 3.31. The number of methoxy groups -OCH3 is 1. The fourth-order valence-corrected chi connectivity index (χ4v) is 3.10. The summed E-state index contributed by atoms with van der Waals surface area (Å²) in [5.74, 6) is 1.27. The van der Waals surface area contributed by atoms with Crippen LogP contribution >= 0.6 is 23.4 Å². The maximum absolute atomic E-state index is 12.7. The Morgan fingerprint density at radius 3 is 2.92 bits per heavy atom. The van der Waals surface area contributed by atoms with E-state index in [1.54, 1.807) is 23.9 Å². The number of anilines is 1. The first kappa shape index (κ1) is 16.6. The zero-order valence-electron chi connectivity index (χ0n) is 13.1. The van der Waals surface area contributed by atoms with E-state index in [-0.39, 0.29) is 5.56 Å². The van der Waals surface area contributed by atoms with Gasteiger partial charge in [-0.25, -0.2) is 14.6 Å². The maximum atomic E-state index is 12.7. The summed E-state index contributed by atoms with van der Waals surface area (Å²) >= 11 is 7.74. The molecule has 24 heavy (non-hydrogen) atoms. The van der Waals surface area contributed by atoms with Gasteiger partial charge in [-0.05, 0) is 24.0 Å². The van der Waals surface area contributed by atoms with Gasteiger partial charge in [0.25, 0.3) is 5.56 Å². The van der Waals surface area contributed by atoms with Crippen LogP contribution in [0.1, 0.15) is 6.92 Å². The molecule has 6 nitrogen and oxygen atoms in total. The van der Waals surface area contributed by atoms with E-state index in [0.717, 1.165) is 16.3 Å². The van der Waals surface area contributed by atoms with Gasteiger partial charge in [-0.2, -0.15) is 0 Å². The highest BCUT2D eigenvalue weighted by Crippen LogP contribution is 2.29. The van der Waals surface area contributed by atoms with Crippen LogP contribution in [0.25, 0.3) is 10.9 Å². The quantitative estimate of drug-likeness (QED) is 0.701. The highest BCUT2D eigenvalue weighted by atomic mass is 35.5. The minimum Gasteiger partial charge on any atom is -0.481 e. The van der Waals surface area contributed by atoms with Crippen molar-refractivity contribution in [1.82, 2.24) is 14.6 Å². The van der Waals surface area contributed by atoms with Gasteiger partial charge in [0.05, 0.1) is 29.9 Å². The van der Waals surface area contributed by atoms with Crippen molar-refractivity contribution in [3.8, 4) is 5.88 Å². The molecule has 3 aromatic rings. The van der Waals surface area contributed by atoms with Crippen molar-refractivity contribution in [2.45, 2.75) is 11.8 Å². The second-order valence-corrected chi connectivity index (χ2v) is 6.59. The summed E-state index contributed by atoms with van der Waals surface area (Å²) < 4.78 is 6.40. The molecule has 0 aliphatic heterocycles. The van der Waals surface area contributed by atoms with Crippen molar-refractivity contribution in [2.24, 2.45) is 0 Å². The highest BCUT2D eigenvalue weighted by Gasteiger charge is 2.09. The molecule has 0 aliphatic carbocycles. The normalized spacial score (nSPS) is 10.8. The number of fused-ring (bicyclic) bond motifs is 1. The van der Waals surface area contributed by atoms with Crippen LogP contribution < -0.4 is 15.7 Å². The molecule has 0 spiro atoms.